The maximum Gasteiger partial charge on any atom is 0.228 e. The number of nitrogens with one attached hydrogen (secondary N) is 3. The van der Waals surface area contributed by atoms with Crippen LogP contribution in [0.1, 0.15) is 208 Å². The van der Waals surface area contributed by atoms with Gasteiger partial charge >= 0.3 is 0 Å². The molecular formula is C88H105ClF4N28. The van der Waals surface area contributed by atoms with Crippen molar-refractivity contribution in [2.24, 2.45) is 25.7 Å². The van der Waals surface area contributed by atoms with E-state index in [2.05, 4.69) is 158 Å². The third-order valence-corrected chi connectivity index (χ3v) is 22.1. The van der Waals surface area contributed by atoms with E-state index < -0.39 is 23.3 Å². The van der Waals surface area contributed by atoms with Crippen molar-refractivity contribution in [1.82, 2.24) is 98.3 Å². The smallest absolute Gasteiger partial charge is 0.228 e. The Morgan fingerprint density at radius 3 is 0.901 bits per heavy atom. The lowest BCUT2D eigenvalue weighted by atomic mass is 9.90. The maximum absolute atomic E-state index is 13.7. The van der Waals surface area contributed by atoms with Gasteiger partial charge in [-0.3, -0.25) is 39.9 Å². The lowest BCUT2D eigenvalue weighted by Crippen LogP contribution is -2.26. The Morgan fingerprint density at radius 2 is 0.612 bits per heavy atom. The molecule has 0 amide bonds. The van der Waals surface area contributed by atoms with Crippen molar-refractivity contribution < 1.29 is 17.6 Å². The topological polar surface area (TPSA) is 335 Å². The molecule has 8 aliphatic rings. The van der Waals surface area contributed by atoms with Crippen LogP contribution < -0.4 is 21.7 Å². The Bertz CT molecular complexity index is 5590. The number of nitrogens with two attached hydrogens (primary N) is 1. The molecule has 121 heavy (non-hydrogen) atoms. The molecule has 5 N–H and O–H groups in total. The quantitative estimate of drug-likeness (QED) is 0.0735. The number of hydrogen-bond donors (Lipinski definition) is 4. The molecule has 0 saturated heterocycles. The van der Waals surface area contributed by atoms with Gasteiger partial charge in [-0.1, -0.05) is 85.1 Å². The third kappa shape index (κ3) is 19.7. The molecule has 4 atom stereocenters. The first kappa shape index (κ1) is 88.1. The van der Waals surface area contributed by atoms with Gasteiger partial charge in [-0.25, -0.2) is 37.5 Å². The lowest BCUT2D eigenvalue weighted by Gasteiger charge is -2.24. The van der Waals surface area contributed by atoms with Crippen molar-refractivity contribution in [2.45, 2.75) is 210 Å². The second-order valence-electron chi connectivity index (χ2n) is 31.6. The summed E-state index contributed by atoms with van der Waals surface area (Å²) in [6.07, 6.45) is 38.4. The zero-order valence-corrected chi connectivity index (χ0v) is 66.9. The first-order chi connectivity index (χ1) is 56.7. The highest BCUT2D eigenvalue weighted by Crippen LogP contribution is 2.36. The van der Waals surface area contributed by atoms with Gasteiger partial charge < -0.3 is 21.7 Å². The van der Waals surface area contributed by atoms with Crippen LogP contribution in [0.5, 0.6) is 0 Å². The van der Waals surface area contributed by atoms with Crippen molar-refractivity contribution in [2.75, 3.05) is 42.1 Å². The fourth-order valence-corrected chi connectivity index (χ4v) is 15.7. The first-order valence-corrected chi connectivity index (χ1v) is 40.0. The molecule has 0 fully saturated rings. The molecule has 12 aromatic heterocycles. The second-order valence-corrected chi connectivity index (χ2v) is 31.9. The molecule has 33 heteroatoms. The molecule has 12 aromatic rings. The SMILES string of the molecule is C.C.C.C.CC(C)c1cnn2c(Cl)nc(-c3cncc(F)c3)nc12.CC(C)c1cnn2c(N[C@@H]3CCC4=C(C=NC4)C3)nc(-c3cncc(F)c3)nc12.CC(C)c1cnn2c(N[C@@H]3CCC4=C(C=NC4)C3)nc(-c3cncc(F)c3)nc12.CC(C)c1cnn2c(N[C@H]3CCC4=C(C=NC4)C3)nc(-c3cncc(F)c3)nc12.NC1CCC2=C(C=NC2)C1. The van der Waals surface area contributed by atoms with Crippen molar-refractivity contribution >= 4 is 76.9 Å². The molecule has 0 saturated carbocycles. The molecule has 28 nitrogen and oxygen atoms in total. The number of rotatable bonds is 14. The Morgan fingerprint density at radius 1 is 0.347 bits per heavy atom. The number of aliphatic imine (C=N–C) groups is 4. The molecule has 632 valence electrons. The highest BCUT2D eigenvalue weighted by molar-refractivity contribution is 6.28. The number of fused-ring (bicyclic) bond motifs is 4. The maximum atomic E-state index is 13.7. The summed E-state index contributed by atoms with van der Waals surface area (Å²) in [6.45, 7) is 20.2. The fourth-order valence-electron chi connectivity index (χ4n) is 15.5. The number of nitrogens with zero attached hydrogens (tertiary/aromatic N) is 24. The van der Waals surface area contributed by atoms with E-state index in [1.165, 1.54) is 105 Å². The minimum absolute atomic E-state index is 0. The van der Waals surface area contributed by atoms with E-state index >= 15 is 0 Å². The normalized spacial score (nSPS) is 17.9. The van der Waals surface area contributed by atoms with E-state index in [0.717, 1.165) is 142 Å². The van der Waals surface area contributed by atoms with Crippen LogP contribution in [-0.2, 0) is 0 Å². The Balaban J connectivity index is 0.000000141. The molecule has 0 bridgehead atoms. The van der Waals surface area contributed by atoms with Crippen molar-refractivity contribution in [3.8, 4) is 45.6 Å². The summed E-state index contributed by atoms with van der Waals surface area (Å²) in [4.78, 5) is 69.7. The van der Waals surface area contributed by atoms with E-state index in [-0.39, 0.29) is 76.8 Å². The van der Waals surface area contributed by atoms with E-state index in [9.17, 15) is 17.6 Å². The standard InChI is InChI=1S/3C21H22FN7.C13H11ClFN5.C8H12N2.4CH4/c3*1-12(2)18-11-25-29-20(18)27-19(15-5-16(22)10-24-9-15)28-21(29)26-17-4-3-13-7-23-8-14(13)6-17;1-7(2)10-6-17-20-12(10)18-11(19-13(20)14)8-3-9(15)5-16-4-8;9-8-2-1-6-4-10-5-7(6)3-8;;;;/h3*5,8-12,17H,3-4,6-7H2,1-2H3,(H,26,27,28);3-7H,1-2H3;5,8H,1-4,9H2;4*1H4/t3*17-;;;;;;/m110....../s1. The fraction of sp³-hybridized carbons (Fsp3) is 0.409. The summed E-state index contributed by atoms with van der Waals surface area (Å²) in [5.41, 5.74) is 26.0. The molecule has 1 unspecified atom stereocenters. The third-order valence-electron chi connectivity index (χ3n) is 21.9. The molecule has 0 aromatic carbocycles. The van der Waals surface area contributed by atoms with Gasteiger partial charge in [0.15, 0.2) is 45.9 Å². The van der Waals surface area contributed by atoms with Gasteiger partial charge in [0, 0.05) is 118 Å². The van der Waals surface area contributed by atoms with Crippen molar-refractivity contribution in [3.05, 3.63) is 194 Å². The van der Waals surface area contributed by atoms with Gasteiger partial charge in [0.05, 0.1) is 75.8 Å². The molecule has 0 radical (unpaired) electrons. The van der Waals surface area contributed by atoms with Crippen LogP contribution in [0.2, 0.25) is 5.28 Å². The Hall–Kier alpha value is -12.2. The lowest BCUT2D eigenvalue weighted by molar-refractivity contribution is 0.581. The molecule has 0 spiro atoms. The van der Waals surface area contributed by atoms with Gasteiger partial charge in [0.25, 0.3) is 0 Å². The molecule has 4 aliphatic heterocycles. The summed E-state index contributed by atoms with van der Waals surface area (Å²) < 4.78 is 61.2. The minimum Gasteiger partial charge on any atom is -0.351 e. The summed E-state index contributed by atoms with van der Waals surface area (Å²) in [6, 6.07) is 6.64. The number of hydrogen-bond acceptors (Lipinski definition) is 24. The zero-order valence-electron chi connectivity index (χ0n) is 66.2. The number of halogens is 5. The Kier molecular flexibility index (Phi) is 28.0. The first-order valence-electron chi connectivity index (χ1n) is 39.7. The Labute approximate surface area is 706 Å². The number of aromatic nitrogens is 20. The zero-order chi connectivity index (χ0) is 81.1. The number of anilines is 3. The highest BCUT2D eigenvalue weighted by atomic mass is 35.5. The van der Waals surface area contributed by atoms with Crippen molar-refractivity contribution in [1.29, 1.82) is 0 Å². The highest BCUT2D eigenvalue weighted by Gasteiger charge is 2.30. The van der Waals surface area contributed by atoms with Gasteiger partial charge in [-0.05, 0) is 181 Å². The molecule has 20 rings (SSSR count). The number of pyridine rings is 4. The summed E-state index contributed by atoms with van der Waals surface area (Å²) >= 11 is 6.11. The van der Waals surface area contributed by atoms with E-state index in [0.29, 0.717) is 75.1 Å². The van der Waals surface area contributed by atoms with E-state index in [1.54, 1.807) is 38.3 Å². The molecule has 4 aliphatic carbocycles. The summed E-state index contributed by atoms with van der Waals surface area (Å²) in [5.74, 6) is 2.82. The van der Waals surface area contributed by atoms with Gasteiger partial charge in [0.1, 0.15) is 23.3 Å². The van der Waals surface area contributed by atoms with Gasteiger partial charge in [-0.15, -0.1) is 0 Å². The van der Waals surface area contributed by atoms with Gasteiger partial charge in [-0.2, -0.15) is 58.4 Å². The molecular weight excluding hydrogens is 1560 g/mol. The van der Waals surface area contributed by atoms with Crippen molar-refractivity contribution in [3.63, 3.8) is 0 Å². The monoisotopic (exact) mass is 1660 g/mol. The predicted molar refractivity (Wildman–Crippen MR) is 471 cm³/mol. The van der Waals surface area contributed by atoms with E-state index in [4.69, 9.17) is 17.3 Å². The van der Waals surface area contributed by atoms with Crippen LogP contribution in [0.3, 0.4) is 0 Å². The average Bonchev–Trinajstić information content (AvgIpc) is 1.66. The average molecular weight is 1670 g/mol. The van der Waals surface area contributed by atoms with Crippen LogP contribution in [0.4, 0.5) is 35.4 Å². The van der Waals surface area contributed by atoms with Crippen LogP contribution >= 0.6 is 11.6 Å². The molecule has 16 heterocycles. The predicted octanol–water partition coefficient (Wildman–Crippen LogP) is 17.9. The largest absolute Gasteiger partial charge is 0.351 e. The summed E-state index contributed by atoms with van der Waals surface area (Å²) in [5, 5.41) is 28.6. The van der Waals surface area contributed by atoms with Crippen LogP contribution in [0.15, 0.2) is 163 Å². The summed E-state index contributed by atoms with van der Waals surface area (Å²) in [7, 11) is 0. The second kappa shape index (κ2) is 38.5. The van der Waals surface area contributed by atoms with Crippen LogP contribution in [0, 0.1) is 23.3 Å². The van der Waals surface area contributed by atoms with E-state index in [1.807, 2.05) is 57.3 Å². The van der Waals surface area contributed by atoms with Crippen LogP contribution in [-0.4, -0.2) is 173 Å². The van der Waals surface area contributed by atoms with Gasteiger partial charge in [0.2, 0.25) is 23.1 Å². The minimum atomic E-state index is -0.445. The van der Waals surface area contributed by atoms with Crippen LogP contribution in [0.25, 0.3) is 68.1 Å².